The summed E-state index contributed by atoms with van der Waals surface area (Å²) in [4.78, 5) is 12.5. The fourth-order valence-corrected chi connectivity index (χ4v) is 6.52. The molecule has 0 aliphatic carbocycles. The number of aliphatic hydroxyl groups excluding tert-OH is 3. The monoisotopic (exact) mass is 758 g/mol. The Balaban J connectivity index is 1.33. The molecule has 0 saturated carbocycles. The van der Waals surface area contributed by atoms with E-state index in [1.807, 2.05) is 0 Å². The molecule has 3 aromatic carbocycles. The van der Waals surface area contributed by atoms with Crippen LogP contribution in [0.1, 0.15) is 22.8 Å². The summed E-state index contributed by atoms with van der Waals surface area (Å²) in [7, 11) is 7.06. The fourth-order valence-electron chi connectivity index (χ4n) is 6.52. The Labute approximate surface area is 311 Å². The molecular weight excluding hydrogens is 712 g/mol. The van der Waals surface area contributed by atoms with Gasteiger partial charge in [-0.2, -0.15) is 0 Å². The van der Waals surface area contributed by atoms with Gasteiger partial charge in [0.05, 0.1) is 54.9 Å². The van der Waals surface area contributed by atoms with E-state index in [0.717, 1.165) is 11.6 Å². The lowest BCUT2D eigenvalue weighted by molar-refractivity contribution is -0.304. The normalized spacial score (nSPS) is 25.3. The van der Waals surface area contributed by atoms with Crippen LogP contribution in [0.3, 0.4) is 0 Å². The molecule has 0 unspecified atom stereocenters. The van der Waals surface area contributed by atoms with Gasteiger partial charge in [0.15, 0.2) is 40.8 Å². The van der Waals surface area contributed by atoms with E-state index < -0.39 is 55.3 Å². The van der Waals surface area contributed by atoms with Crippen molar-refractivity contribution < 1.29 is 78.1 Å². The topological polar surface area (TPSA) is 222 Å². The van der Waals surface area contributed by atoms with Gasteiger partial charge in [-0.3, -0.25) is 0 Å². The summed E-state index contributed by atoms with van der Waals surface area (Å²) >= 11 is 0. The number of carbonyl (C=O) groups excluding carboxylic acids is 1. The van der Waals surface area contributed by atoms with Crippen molar-refractivity contribution >= 4 is 12.0 Å². The number of phenolic OH excluding ortho intramolecular Hbond substituents is 3. The quantitative estimate of drug-likeness (QED) is 0.0968. The Hall–Kier alpha value is -4.97. The van der Waals surface area contributed by atoms with Crippen LogP contribution < -0.4 is 23.7 Å². The first-order valence-electron chi connectivity index (χ1n) is 17.0. The van der Waals surface area contributed by atoms with Crippen LogP contribution in [0.25, 0.3) is 6.08 Å². The molecule has 0 aromatic heterocycles. The summed E-state index contributed by atoms with van der Waals surface area (Å²) in [6, 6.07) is 11.1. The van der Waals surface area contributed by atoms with Gasteiger partial charge in [-0.25, -0.2) is 4.79 Å². The molecule has 3 aromatic rings. The van der Waals surface area contributed by atoms with Crippen molar-refractivity contribution in [1.82, 2.24) is 0 Å². The lowest BCUT2D eigenvalue weighted by Gasteiger charge is -2.40. The van der Waals surface area contributed by atoms with Crippen LogP contribution in [0.15, 0.2) is 48.5 Å². The standard InChI is InChI=1S/C38H46O16/c1-46-25-11-19(6-8-24(25)39)7-9-31(40)51-18-30-34(43)35(44)36(45)38(54-30)53-17-23-22(10-20-12-26(47-2)32(41)27(13-20)48-3)16-52-37(23)21-14-28(49-4)33(42)29(15-21)50-5/h6-9,11-15,22-23,30,34-39,41-45H,10,16-18H2,1-5H3/t22-,23-,30+,34+,35-,36+,37+,38+/m0/s1. The highest BCUT2D eigenvalue weighted by Gasteiger charge is 2.46. The third kappa shape index (κ3) is 8.86. The largest absolute Gasteiger partial charge is 0.504 e. The molecule has 0 radical (unpaired) electrons. The summed E-state index contributed by atoms with van der Waals surface area (Å²) < 4.78 is 50.1. The van der Waals surface area contributed by atoms with E-state index >= 15 is 0 Å². The maximum Gasteiger partial charge on any atom is 0.330 e. The number of aromatic hydroxyl groups is 3. The molecule has 54 heavy (non-hydrogen) atoms. The minimum absolute atomic E-state index is 0.0656. The summed E-state index contributed by atoms with van der Waals surface area (Å²) in [5, 5.41) is 63.1. The molecule has 0 spiro atoms. The minimum Gasteiger partial charge on any atom is -0.504 e. The highest BCUT2D eigenvalue weighted by Crippen LogP contribution is 2.47. The molecule has 0 bridgehead atoms. The summed E-state index contributed by atoms with van der Waals surface area (Å²) in [5.74, 6) is -0.921. The molecule has 16 nitrogen and oxygen atoms in total. The first kappa shape index (κ1) is 40.2. The Morgan fingerprint density at radius 2 is 1.35 bits per heavy atom. The predicted octanol–water partition coefficient (Wildman–Crippen LogP) is 2.47. The zero-order valence-electron chi connectivity index (χ0n) is 30.4. The number of carbonyl (C=O) groups is 1. The number of benzene rings is 3. The number of aliphatic hydroxyl groups is 3. The van der Waals surface area contributed by atoms with E-state index in [1.54, 1.807) is 30.3 Å². The number of phenols is 3. The van der Waals surface area contributed by atoms with Crippen molar-refractivity contribution in [2.75, 3.05) is 55.4 Å². The van der Waals surface area contributed by atoms with Crippen LogP contribution in [0.4, 0.5) is 0 Å². The third-order valence-electron chi connectivity index (χ3n) is 9.48. The van der Waals surface area contributed by atoms with E-state index in [-0.39, 0.29) is 65.1 Å². The van der Waals surface area contributed by atoms with Gasteiger partial charge in [0.1, 0.15) is 31.0 Å². The molecule has 8 atom stereocenters. The van der Waals surface area contributed by atoms with E-state index in [0.29, 0.717) is 17.5 Å². The van der Waals surface area contributed by atoms with E-state index in [1.165, 1.54) is 53.8 Å². The smallest absolute Gasteiger partial charge is 0.330 e. The number of hydrogen-bond acceptors (Lipinski definition) is 16. The average Bonchev–Trinajstić information content (AvgIpc) is 3.58. The van der Waals surface area contributed by atoms with Crippen molar-refractivity contribution in [3.05, 3.63) is 65.2 Å². The van der Waals surface area contributed by atoms with Gasteiger partial charge in [0, 0.05) is 12.0 Å². The summed E-state index contributed by atoms with van der Waals surface area (Å²) in [5.41, 5.74) is 1.90. The average molecular weight is 759 g/mol. The van der Waals surface area contributed by atoms with Crippen molar-refractivity contribution in [2.24, 2.45) is 11.8 Å². The molecule has 294 valence electrons. The lowest BCUT2D eigenvalue weighted by Crippen LogP contribution is -2.59. The van der Waals surface area contributed by atoms with Gasteiger partial charge in [-0.15, -0.1) is 0 Å². The van der Waals surface area contributed by atoms with Crippen LogP contribution in [0.2, 0.25) is 0 Å². The number of ether oxygens (including phenoxy) is 9. The molecule has 2 aliphatic heterocycles. The van der Waals surface area contributed by atoms with Crippen LogP contribution >= 0.6 is 0 Å². The Morgan fingerprint density at radius 3 is 1.94 bits per heavy atom. The molecule has 2 fully saturated rings. The van der Waals surface area contributed by atoms with E-state index in [4.69, 9.17) is 42.6 Å². The van der Waals surface area contributed by atoms with Gasteiger partial charge in [-0.1, -0.05) is 6.07 Å². The van der Waals surface area contributed by atoms with Crippen molar-refractivity contribution in [2.45, 2.75) is 43.2 Å². The lowest BCUT2D eigenvalue weighted by atomic mass is 9.84. The second-order valence-corrected chi connectivity index (χ2v) is 12.7. The molecule has 2 aliphatic rings. The van der Waals surface area contributed by atoms with Crippen LogP contribution in [-0.4, -0.2) is 123 Å². The van der Waals surface area contributed by atoms with Crippen molar-refractivity contribution in [3.8, 4) is 46.0 Å². The van der Waals surface area contributed by atoms with Crippen LogP contribution in [-0.2, 0) is 30.2 Å². The molecule has 5 rings (SSSR count). The Morgan fingerprint density at radius 1 is 0.759 bits per heavy atom. The molecule has 2 heterocycles. The Bertz CT molecular complexity index is 1730. The highest BCUT2D eigenvalue weighted by atomic mass is 16.7. The first-order valence-corrected chi connectivity index (χ1v) is 17.0. The van der Waals surface area contributed by atoms with Crippen LogP contribution in [0, 0.1) is 11.8 Å². The maximum absolute atomic E-state index is 12.5. The van der Waals surface area contributed by atoms with Gasteiger partial charge in [-0.05, 0) is 71.5 Å². The second-order valence-electron chi connectivity index (χ2n) is 12.7. The molecular formula is C38H46O16. The summed E-state index contributed by atoms with van der Waals surface area (Å²) in [6.07, 6.45) is -5.39. The van der Waals surface area contributed by atoms with Gasteiger partial charge in [0.2, 0.25) is 11.5 Å². The SMILES string of the molecule is COc1cc(C=CC(=O)OC[C@H]2O[C@@H](OC[C@H]3[C@@H](Cc4cc(OC)c(O)c(OC)c4)CO[C@@H]3c3cc(OC)c(O)c(OC)c3)[C@H](O)[C@@H](O)[C@@H]2O)ccc1O. The zero-order valence-corrected chi connectivity index (χ0v) is 30.4. The van der Waals surface area contributed by atoms with Gasteiger partial charge < -0.3 is 73.3 Å². The van der Waals surface area contributed by atoms with Gasteiger partial charge in [0.25, 0.3) is 0 Å². The van der Waals surface area contributed by atoms with Crippen molar-refractivity contribution in [1.29, 1.82) is 0 Å². The van der Waals surface area contributed by atoms with Crippen molar-refractivity contribution in [3.63, 3.8) is 0 Å². The molecule has 6 N–H and O–H groups in total. The highest BCUT2D eigenvalue weighted by molar-refractivity contribution is 5.87. The second kappa shape index (κ2) is 17.9. The van der Waals surface area contributed by atoms with Crippen LogP contribution in [0.5, 0.6) is 46.0 Å². The number of esters is 1. The molecule has 0 amide bonds. The minimum atomic E-state index is -1.71. The Kier molecular flexibility index (Phi) is 13.3. The zero-order chi connectivity index (χ0) is 39.1. The van der Waals surface area contributed by atoms with E-state index in [9.17, 15) is 35.4 Å². The molecule has 16 heteroatoms. The maximum atomic E-state index is 12.5. The fraction of sp³-hybridized carbons (Fsp3) is 0.447. The molecule has 2 saturated heterocycles. The first-order chi connectivity index (χ1) is 25.9. The number of methoxy groups -OCH3 is 5. The van der Waals surface area contributed by atoms with Gasteiger partial charge >= 0.3 is 5.97 Å². The summed E-state index contributed by atoms with van der Waals surface area (Å²) in [6.45, 7) is -0.334. The predicted molar refractivity (Wildman–Crippen MR) is 189 cm³/mol. The third-order valence-corrected chi connectivity index (χ3v) is 9.48. The number of rotatable bonds is 15. The van der Waals surface area contributed by atoms with E-state index in [2.05, 4.69) is 0 Å². The number of hydrogen-bond donors (Lipinski definition) is 6.